The summed E-state index contributed by atoms with van der Waals surface area (Å²) in [6.45, 7) is 5.78. The Labute approximate surface area is 170 Å². The molecule has 1 heterocycles. The third-order valence-electron chi connectivity index (χ3n) is 5.03. The van der Waals surface area contributed by atoms with Gasteiger partial charge in [-0.25, -0.2) is 8.42 Å². The molecule has 1 aliphatic heterocycles. The molecule has 0 bridgehead atoms. The van der Waals surface area contributed by atoms with Crippen molar-refractivity contribution in [3.05, 3.63) is 64.2 Å². The molecule has 0 aromatic heterocycles. The number of nitro benzene ring substituents is 1. The van der Waals surface area contributed by atoms with Crippen LogP contribution in [0, 0.1) is 17.0 Å². The minimum atomic E-state index is -3.72. The fourth-order valence-corrected chi connectivity index (χ4v) is 4.90. The molecule has 0 spiro atoms. The molecule has 0 unspecified atom stereocenters. The maximum absolute atomic E-state index is 12.8. The minimum Gasteiger partial charge on any atom is -0.493 e. The molecule has 3 rings (SSSR count). The second-order valence-corrected chi connectivity index (χ2v) is 9.12. The van der Waals surface area contributed by atoms with Crippen LogP contribution >= 0.6 is 0 Å². The highest BCUT2D eigenvalue weighted by molar-refractivity contribution is 7.89. The molecular formula is C20H26N3O5S+. The van der Waals surface area contributed by atoms with Crippen LogP contribution in [0.5, 0.6) is 5.75 Å². The Bertz CT molecular complexity index is 956. The number of quaternary nitrogens is 1. The number of sulfonamides is 1. The molecule has 0 radical (unpaired) electrons. The zero-order valence-electron chi connectivity index (χ0n) is 16.4. The first kappa shape index (κ1) is 21.2. The fraction of sp³-hybridized carbons (Fsp3) is 0.400. The van der Waals surface area contributed by atoms with E-state index in [4.69, 9.17) is 4.74 Å². The molecule has 1 aliphatic rings. The van der Waals surface area contributed by atoms with Crippen LogP contribution in [0.1, 0.15) is 12.0 Å². The molecule has 2 aromatic carbocycles. The van der Waals surface area contributed by atoms with E-state index in [0.29, 0.717) is 32.8 Å². The van der Waals surface area contributed by atoms with E-state index in [1.807, 2.05) is 31.2 Å². The Hall–Kier alpha value is -2.49. The molecule has 1 saturated heterocycles. The lowest BCUT2D eigenvalue weighted by molar-refractivity contribution is -0.903. The Kier molecular flexibility index (Phi) is 6.83. The third-order valence-corrected chi connectivity index (χ3v) is 6.92. The van der Waals surface area contributed by atoms with Gasteiger partial charge in [-0.05, 0) is 30.7 Å². The molecule has 156 valence electrons. The normalized spacial score (nSPS) is 15.9. The topological polar surface area (TPSA) is 94.2 Å². The van der Waals surface area contributed by atoms with Gasteiger partial charge in [0.25, 0.3) is 5.69 Å². The zero-order chi connectivity index (χ0) is 20.9. The molecule has 9 heteroatoms. The van der Waals surface area contributed by atoms with E-state index in [0.717, 1.165) is 30.3 Å². The first-order valence-corrected chi connectivity index (χ1v) is 11.1. The molecule has 0 saturated carbocycles. The van der Waals surface area contributed by atoms with Crippen LogP contribution < -0.4 is 9.64 Å². The number of nitro groups is 1. The predicted octanol–water partition coefficient (Wildman–Crippen LogP) is 1.26. The molecule has 29 heavy (non-hydrogen) atoms. The van der Waals surface area contributed by atoms with Gasteiger partial charge in [0.2, 0.25) is 10.0 Å². The van der Waals surface area contributed by atoms with Crippen molar-refractivity contribution in [2.45, 2.75) is 18.2 Å². The molecule has 2 aromatic rings. The Morgan fingerprint density at radius 3 is 2.55 bits per heavy atom. The summed E-state index contributed by atoms with van der Waals surface area (Å²) in [4.78, 5) is 11.6. The van der Waals surface area contributed by atoms with Gasteiger partial charge in [0.15, 0.2) is 0 Å². The van der Waals surface area contributed by atoms with Gasteiger partial charge >= 0.3 is 0 Å². The molecule has 0 atom stereocenters. The fourth-order valence-electron chi connectivity index (χ4n) is 3.42. The maximum atomic E-state index is 12.8. The van der Waals surface area contributed by atoms with E-state index in [2.05, 4.69) is 0 Å². The monoisotopic (exact) mass is 420 g/mol. The number of piperazine rings is 1. The third kappa shape index (κ3) is 5.53. The maximum Gasteiger partial charge on any atom is 0.270 e. The van der Waals surface area contributed by atoms with Crippen molar-refractivity contribution in [2.24, 2.45) is 0 Å². The highest BCUT2D eigenvalue weighted by Crippen LogP contribution is 2.21. The van der Waals surface area contributed by atoms with E-state index in [1.54, 1.807) is 0 Å². The van der Waals surface area contributed by atoms with E-state index in [-0.39, 0.29) is 10.6 Å². The largest absolute Gasteiger partial charge is 0.493 e. The second kappa shape index (κ2) is 9.34. The summed E-state index contributed by atoms with van der Waals surface area (Å²) in [7, 11) is -3.72. The lowest BCUT2D eigenvalue weighted by atomic mass is 10.2. The highest BCUT2D eigenvalue weighted by atomic mass is 32.2. The summed E-state index contributed by atoms with van der Waals surface area (Å²) >= 11 is 0. The van der Waals surface area contributed by atoms with Crippen LogP contribution in [-0.4, -0.2) is 57.0 Å². The molecule has 0 amide bonds. The molecule has 8 nitrogen and oxygen atoms in total. The average Bonchev–Trinajstić information content (AvgIpc) is 2.72. The van der Waals surface area contributed by atoms with Crippen molar-refractivity contribution in [2.75, 3.05) is 39.3 Å². The second-order valence-electron chi connectivity index (χ2n) is 7.18. The number of nitrogens with zero attached hydrogens (tertiary/aromatic N) is 2. The SMILES string of the molecule is Cc1cccc(OCCC[NH+]2CCN(S(=O)(=O)c3cccc([N+](=O)[O-])c3)CC2)c1. The summed E-state index contributed by atoms with van der Waals surface area (Å²) in [5.74, 6) is 0.868. The molecular weight excluding hydrogens is 394 g/mol. The number of non-ortho nitro benzene ring substituents is 1. The van der Waals surface area contributed by atoms with E-state index >= 15 is 0 Å². The van der Waals surface area contributed by atoms with Gasteiger partial charge in [0, 0.05) is 18.6 Å². The van der Waals surface area contributed by atoms with Gasteiger partial charge in [-0.3, -0.25) is 10.1 Å². The van der Waals surface area contributed by atoms with Crippen LogP contribution in [0.3, 0.4) is 0 Å². The van der Waals surface area contributed by atoms with E-state index in [9.17, 15) is 18.5 Å². The molecule has 1 fully saturated rings. The molecule has 0 aliphatic carbocycles. The van der Waals surface area contributed by atoms with Crippen LogP contribution in [-0.2, 0) is 10.0 Å². The van der Waals surface area contributed by atoms with Crippen LogP contribution in [0.25, 0.3) is 0 Å². The van der Waals surface area contributed by atoms with Crippen molar-refractivity contribution >= 4 is 15.7 Å². The van der Waals surface area contributed by atoms with Crippen molar-refractivity contribution in [1.29, 1.82) is 0 Å². The zero-order valence-corrected chi connectivity index (χ0v) is 17.2. The Balaban J connectivity index is 1.47. The first-order valence-electron chi connectivity index (χ1n) is 9.64. The Morgan fingerprint density at radius 2 is 1.86 bits per heavy atom. The van der Waals surface area contributed by atoms with E-state index < -0.39 is 14.9 Å². The molecule has 1 N–H and O–H groups in total. The number of hydrogen-bond acceptors (Lipinski definition) is 5. The van der Waals surface area contributed by atoms with E-state index in [1.165, 1.54) is 27.4 Å². The number of benzene rings is 2. The van der Waals surface area contributed by atoms with Gasteiger partial charge < -0.3 is 9.64 Å². The quantitative estimate of drug-likeness (QED) is 0.394. The van der Waals surface area contributed by atoms with Gasteiger partial charge in [-0.15, -0.1) is 0 Å². The lowest BCUT2D eigenvalue weighted by Crippen LogP contribution is -3.14. The van der Waals surface area contributed by atoms with Crippen molar-refractivity contribution in [1.82, 2.24) is 4.31 Å². The van der Waals surface area contributed by atoms with Crippen molar-refractivity contribution < 1.29 is 23.0 Å². The summed E-state index contributed by atoms with van der Waals surface area (Å²) in [5.41, 5.74) is 0.943. The standard InChI is InChI=1S/C20H25N3O5S/c1-17-5-2-7-19(15-17)28-14-4-9-21-10-12-22(13-11-21)29(26,27)20-8-3-6-18(16-20)23(24)25/h2-3,5-8,15-16H,4,9-14H2,1H3/p+1. The number of ether oxygens (including phenoxy) is 1. The highest BCUT2D eigenvalue weighted by Gasteiger charge is 2.31. The number of hydrogen-bond donors (Lipinski definition) is 1. The van der Waals surface area contributed by atoms with Crippen LogP contribution in [0.15, 0.2) is 53.4 Å². The number of aryl methyl sites for hydroxylation is 1. The minimum absolute atomic E-state index is 0.0262. The van der Waals surface area contributed by atoms with Crippen LogP contribution in [0.2, 0.25) is 0 Å². The predicted molar refractivity (Wildman–Crippen MR) is 109 cm³/mol. The van der Waals surface area contributed by atoms with Gasteiger partial charge in [0.1, 0.15) is 5.75 Å². The summed E-state index contributed by atoms with van der Waals surface area (Å²) in [5, 5.41) is 10.9. The lowest BCUT2D eigenvalue weighted by Gasteiger charge is -2.31. The van der Waals surface area contributed by atoms with Crippen molar-refractivity contribution in [3.63, 3.8) is 0 Å². The summed E-state index contributed by atoms with van der Waals surface area (Å²) < 4.78 is 32.8. The first-order chi connectivity index (χ1) is 13.9. The van der Waals surface area contributed by atoms with Crippen LogP contribution in [0.4, 0.5) is 5.69 Å². The summed E-state index contributed by atoms with van der Waals surface area (Å²) in [6, 6.07) is 13.2. The van der Waals surface area contributed by atoms with Gasteiger partial charge in [-0.2, -0.15) is 4.31 Å². The smallest absolute Gasteiger partial charge is 0.270 e. The summed E-state index contributed by atoms with van der Waals surface area (Å²) in [6.07, 6.45) is 0.890. The van der Waals surface area contributed by atoms with Gasteiger partial charge in [0.05, 0.1) is 49.1 Å². The number of rotatable bonds is 8. The van der Waals surface area contributed by atoms with Crippen molar-refractivity contribution in [3.8, 4) is 5.75 Å². The average molecular weight is 421 g/mol. The number of nitrogens with one attached hydrogen (secondary N) is 1. The Morgan fingerprint density at radius 1 is 1.14 bits per heavy atom. The van der Waals surface area contributed by atoms with Gasteiger partial charge in [-0.1, -0.05) is 18.2 Å².